The van der Waals surface area contributed by atoms with E-state index in [2.05, 4.69) is 0 Å². The van der Waals surface area contributed by atoms with Crippen molar-refractivity contribution in [3.8, 4) is 5.75 Å². The minimum Gasteiger partial charge on any atom is -0.508 e. The number of ketones is 1. The fourth-order valence-corrected chi connectivity index (χ4v) is 1.10. The lowest BCUT2D eigenvalue weighted by Gasteiger charge is -2.05. The Balaban J connectivity index is 3.04. The highest BCUT2D eigenvalue weighted by atomic mass is 16.3. The largest absolute Gasteiger partial charge is 0.508 e. The van der Waals surface area contributed by atoms with Crippen molar-refractivity contribution in [1.29, 1.82) is 0 Å². The predicted octanol–water partition coefficient (Wildman–Crippen LogP) is 2.54. The predicted molar refractivity (Wildman–Crippen MR) is 52.0 cm³/mol. The molecule has 0 aliphatic heterocycles. The van der Waals surface area contributed by atoms with Crippen molar-refractivity contribution in [2.24, 2.45) is 5.92 Å². The van der Waals surface area contributed by atoms with E-state index in [1.165, 1.54) is 6.07 Å². The van der Waals surface area contributed by atoms with Gasteiger partial charge in [0.25, 0.3) is 0 Å². The number of benzene rings is 1. The van der Waals surface area contributed by atoms with E-state index in [-0.39, 0.29) is 17.5 Å². The molecule has 0 bridgehead atoms. The van der Waals surface area contributed by atoms with Crippen LogP contribution in [-0.2, 0) is 0 Å². The maximum absolute atomic E-state index is 11.5. The van der Waals surface area contributed by atoms with Crippen molar-refractivity contribution in [2.45, 2.75) is 20.8 Å². The monoisotopic (exact) mass is 178 g/mol. The van der Waals surface area contributed by atoms with Gasteiger partial charge in [-0.05, 0) is 18.6 Å². The fraction of sp³-hybridized carbons (Fsp3) is 0.364. The van der Waals surface area contributed by atoms with Crippen LogP contribution >= 0.6 is 0 Å². The normalized spacial score (nSPS) is 10.5. The van der Waals surface area contributed by atoms with Crippen LogP contribution in [0.2, 0.25) is 0 Å². The minimum atomic E-state index is -0.0258. The molecule has 0 heterocycles. The number of aryl methyl sites for hydroxylation is 1. The molecule has 0 saturated carbocycles. The van der Waals surface area contributed by atoms with E-state index in [4.69, 9.17) is 0 Å². The highest BCUT2D eigenvalue weighted by Gasteiger charge is 2.11. The average Bonchev–Trinajstić information content (AvgIpc) is 2.08. The molecule has 0 aliphatic rings. The summed E-state index contributed by atoms with van der Waals surface area (Å²) in [4.78, 5) is 11.5. The number of rotatable bonds is 2. The van der Waals surface area contributed by atoms with Crippen LogP contribution in [-0.4, -0.2) is 10.9 Å². The number of hydrogen-bond acceptors (Lipinski definition) is 2. The SMILES string of the molecule is Cc1ccc(C(=O)C(C)C)cc1O. The molecule has 1 N–H and O–H groups in total. The highest BCUT2D eigenvalue weighted by molar-refractivity contribution is 5.97. The molecule has 70 valence electrons. The Labute approximate surface area is 78.2 Å². The Bertz CT molecular complexity index is 327. The van der Waals surface area contributed by atoms with Crippen molar-refractivity contribution in [1.82, 2.24) is 0 Å². The van der Waals surface area contributed by atoms with Gasteiger partial charge in [0.2, 0.25) is 0 Å². The van der Waals surface area contributed by atoms with Gasteiger partial charge in [0.1, 0.15) is 5.75 Å². The van der Waals surface area contributed by atoms with Gasteiger partial charge in [0.05, 0.1) is 0 Å². The Morgan fingerprint density at radius 3 is 2.46 bits per heavy atom. The lowest BCUT2D eigenvalue weighted by Crippen LogP contribution is -2.06. The molecular weight excluding hydrogens is 164 g/mol. The molecule has 0 fully saturated rings. The maximum atomic E-state index is 11.5. The third-order valence-corrected chi connectivity index (χ3v) is 2.02. The molecule has 2 nitrogen and oxygen atoms in total. The fourth-order valence-electron chi connectivity index (χ4n) is 1.10. The summed E-state index contributed by atoms with van der Waals surface area (Å²) in [6, 6.07) is 5.03. The molecule has 0 spiro atoms. The number of carbonyl (C=O) groups excluding carboxylic acids is 1. The molecule has 0 aliphatic carbocycles. The second-order valence-electron chi connectivity index (χ2n) is 3.52. The summed E-state index contributed by atoms with van der Waals surface area (Å²) in [6.07, 6.45) is 0. The zero-order valence-electron chi connectivity index (χ0n) is 8.16. The summed E-state index contributed by atoms with van der Waals surface area (Å²) in [7, 11) is 0. The maximum Gasteiger partial charge on any atom is 0.165 e. The standard InChI is InChI=1S/C11H14O2/c1-7(2)11(13)9-5-4-8(3)10(12)6-9/h4-7,12H,1-3H3. The summed E-state index contributed by atoms with van der Waals surface area (Å²) in [5.74, 6) is 0.226. The van der Waals surface area contributed by atoms with Crippen molar-refractivity contribution >= 4 is 5.78 Å². The Hall–Kier alpha value is -1.31. The van der Waals surface area contributed by atoms with Crippen molar-refractivity contribution < 1.29 is 9.90 Å². The molecule has 1 aromatic carbocycles. The molecule has 0 unspecified atom stereocenters. The van der Waals surface area contributed by atoms with Crippen LogP contribution in [0.15, 0.2) is 18.2 Å². The van der Waals surface area contributed by atoms with Crippen LogP contribution in [0.25, 0.3) is 0 Å². The van der Waals surface area contributed by atoms with Gasteiger partial charge >= 0.3 is 0 Å². The average molecular weight is 178 g/mol. The van der Waals surface area contributed by atoms with E-state index in [1.54, 1.807) is 19.1 Å². The van der Waals surface area contributed by atoms with E-state index in [9.17, 15) is 9.90 Å². The summed E-state index contributed by atoms with van der Waals surface area (Å²) >= 11 is 0. The Morgan fingerprint density at radius 2 is 2.00 bits per heavy atom. The van der Waals surface area contributed by atoms with Crippen LogP contribution < -0.4 is 0 Å². The second kappa shape index (κ2) is 3.60. The van der Waals surface area contributed by atoms with Crippen LogP contribution in [0.4, 0.5) is 0 Å². The Morgan fingerprint density at radius 1 is 1.38 bits per heavy atom. The minimum absolute atomic E-state index is 0.0258. The number of carbonyl (C=O) groups is 1. The zero-order valence-corrected chi connectivity index (χ0v) is 8.16. The summed E-state index contributed by atoms with van der Waals surface area (Å²) in [6.45, 7) is 5.50. The van der Waals surface area contributed by atoms with Crippen LogP contribution in [0, 0.1) is 12.8 Å². The number of aromatic hydroxyl groups is 1. The van der Waals surface area contributed by atoms with Gasteiger partial charge in [-0.2, -0.15) is 0 Å². The molecule has 0 saturated heterocycles. The lowest BCUT2D eigenvalue weighted by molar-refractivity contribution is 0.0939. The number of phenols is 1. The quantitative estimate of drug-likeness (QED) is 0.706. The van der Waals surface area contributed by atoms with Crippen LogP contribution in [0.5, 0.6) is 5.75 Å². The number of hydrogen-bond donors (Lipinski definition) is 1. The van der Waals surface area contributed by atoms with Crippen molar-refractivity contribution in [2.75, 3.05) is 0 Å². The summed E-state index contributed by atoms with van der Waals surface area (Å²) < 4.78 is 0. The molecule has 1 aromatic rings. The van der Waals surface area contributed by atoms with Gasteiger partial charge < -0.3 is 5.11 Å². The third-order valence-electron chi connectivity index (χ3n) is 2.02. The van der Waals surface area contributed by atoms with Crippen molar-refractivity contribution in [3.05, 3.63) is 29.3 Å². The molecule has 0 aromatic heterocycles. The first-order valence-corrected chi connectivity index (χ1v) is 4.36. The highest BCUT2D eigenvalue weighted by Crippen LogP contribution is 2.19. The molecule has 0 amide bonds. The van der Waals surface area contributed by atoms with Gasteiger partial charge in [-0.1, -0.05) is 26.0 Å². The zero-order chi connectivity index (χ0) is 10.0. The second-order valence-corrected chi connectivity index (χ2v) is 3.52. The molecule has 0 atom stereocenters. The van der Waals surface area contributed by atoms with E-state index < -0.39 is 0 Å². The molecule has 1 rings (SSSR count). The lowest BCUT2D eigenvalue weighted by atomic mass is 10.00. The number of Topliss-reactive ketones (excluding diaryl/α,β-unsaturated/α-hetero) is 1. The third kappa shape index (κ3) is 2.08. The molecule has 0 radical (unpaired) electrons. The van der Waals surface area contributed by atoms with E-state index in [0.717, 1.165) is 5.56 Å². The first-order chi connectivity index (χ1) is 6.02. The van der Waals surface area contributed by atoms with E-state index >= 15 is 0 Å². The van der Waals surface area contributed by atoms with E-state index in [0.29, 0.717) is 5.56 Å². The van der Waals surface area contributed by atoms with Gasteiger partial charge in [-0.15, -0.1) is 0 Å². The van der Waals surface area contributed by atoms with Crippen LogP contribution in [0.3, 0.4) is 0 Å². The van der Waals surface area contributed by atoms with Crippen LogP contribution in [0.1, 0.15) is 29.8 Å². The summed E-state index contributed by atoms with van der Waals surface area (Å²) in [5.41, 5.74) is 1.37. The Kier molecular flexibility index (Phi) is 2.71. The topological polar surface area (TPSA) is 37.3 Å². The smallest absolute Gasteiger partial charge is 0.165 e. The van der Waals surface area contributed by atoms with Gasteiger partial charge in [-0.25, -0.2) is 0 Å². The summed E-state index contributed by atoms with van der Waals surface area (Å²) in [5, 5.41) is 9.38. The van der Waals surface area contributed by atoms with Gasteiger partial charge in [-0.3, -0.25) is 4.79 Å². The first-order valence-electron chi connectivity index (χ1n) is 4.36. The molecule has 13 heavy (non-hydrogen) atoms. The number of phenolic OH excluding ortho intramolecular Hbond substituents is 1. The van der Waals surface area contributed by atoms with Crippen molar-refractivity contribution in [3.63, 3.8) is 0 Å². The molecular formula is C11H14O2. The van der Waals surface area contributed by atoms with Gasteiger partial charge in [0, 0.05) is 11.5 Å². The van der Waals surface area contributed by atoms with Gasteiger partial charge in [0.15, 0.2) is 5.78 Å². The molecule has 2 heteroatoms. The van der Waals surface area contributed by atoms with E-state index in [1.807, 2.05) is 13.8 Å². The first kappa shape index (κ1) is 9.78.